The molecule has 0 radical (unpaired) electrons. The van der Waals surface area contributed by atoms with Crippen LogP contribution in [0.15, 0.2) is 0 Å². The van der Waals surface area contributed by atoms with E-state index in [-0.39, 0.29) is 21.5 Å². The van der Waals surface area contributed by atoms with E-state index in [1.807, 2.05) is 0 Å². The Morgan fingerprint density at radius 1 is 0.600 bits per heavy atom. The molecule has 4 atom stereocenters. The molecule has 1 rings (SSSR count). The summed E-state index contributed by atoms with van der Waals surface area (Å²) in [5, 5.41) is 1.06. The second-order valence-electron chi connectivity index (χ2n) is 8.46. The Labute approximate surface area is 178 Å². The maximum Gasteiger partial charge on any atom is 0.119 e. The van der Waals surface area contributed by atoms with Crippen LogP contribution in [0.1, 0.15) is 53.4 Å². The van der Waals surface area contributed by atoms with Crippen molar-refractivity contribution in [1.82, 2.24) is 4.65 Å². The third-order valence-electron chi connectivity index (χ3n) is 5.70. The molecule has 1 N–H and O–H groups in total. The molecule has 7 heteroatoms. The van der Waals surface area contributed by atoms with Crippen molar-refractivity contribution in [1.29, 1.82) is 0 Å². The fourth-order valence-corrected chi connectivity index (χ4v) is 22.0. The monoisotopic (exact) mass is 463 g/mol. The highest BCUT2D eigenvalue weighted by molar-refractivity contribution is 6.98. The molecule has 0 saturated carbocycles. The van der Waals surface area contributed by atoms with Crippen molar-refractivity contribution in [3.8, 4) is 0 Å². The van der Waals surface area contributed by atoms with Crippen molar-refractivity contribution in [2.75, 3.05) is 0 Å². The van der Waals surface area contributed by atoms with Gasteiger partial charge in [-0.15, -0.1) is 46.4 Å². The molecule has 1 nitrogen and oxygen atoms in total. The molecule has 1 saturated heterocycles. The maximum absolute atomic E-state index is 6.30. The van der Waals surface area contributed by atoms with Crippen molar-refractivity contribution >= 4 is 62.9 Å². The van der Waals surface area contributed by atoms with Crippen LogP contribution in [-0.4, -0.2) is 38.0 Å². The predicted molar refractivity (Wildman–Crippen MR) is 123 cm³/mol. The van der Waals surface area contributed by atoms with Crippen LogP contribution in [0.3, 0.4) is 0 Å². The first-order valence-electron chi connectivity index (χ1n) is 9.94. The van der Waals surface area contributed by atoms with Gasteiger partial charge in [-0.3, -0.25) is 0 Å². The third-order valence-corrected chi connectivity index (χ3v) is 18.7. The number of hydrogen-bond donors (Lipinski definition) is 1. The summed E-state index contributed by atoms with van der Waals surface area (Å²) in [6, 6.07) is 7.98. The van der Waals surface area contributed by atoms with Crippen LogP contribution in [0.5, 0.6) is 0 Å². The summed E-state index contributed by atoms with van der Waals surface area (Å²) in [6.45, 7) is 8.49. The molecule has 1 heterocycles. The van der Waals surface area contributed by atoms with E-state index in [9.17, 15) is 0 Å². The molecule has 4 unspecified atom stereocenters. The van der Waals surface area contributed by atoms with Crippen molar-refractivity contribution in [3.63, 3.8) is 0 Å². The number of rotatable bonds is 12. The highest BCUT2D eigenvalue weighted by Gasteiger charge is 2.49. The van der Waals surface area contributed by atoms with E-state index in [2.05, 4.69) is 32.3 Å². The Morgan fingerprint density at radius 3 is 1.04 bits per heavy atom. The van der Waals surface area contributed by atoms with Gasteiger partial charge in [0.25, 0.3) is 0 Å². The summed E-state index contributed by atoms with van der Waals surface area (Å²) in [7, 11) is -2.96. The highest BCUT2D eigenvalue weighted by atomic mass is 35.5. The minimum Gasteiger partial charge on any atom is -0.359 e. The molecular weight excluding hydrogens is 428 g/mol. The van der Waals surface area contributed by atoms with Gasteiger partial charge in [0.1, 0.15) is 16.5 Å². The minimum atomic E-state index is -1.48. The van der Waals surface area contributed by atoms with Crippen LogP contribution in [0.25, 0.3) is 0 Å². The summed E-state index contributed by atoms with van der Waals surface area (Å²) < 4.78 is 4.38. The van der Waals surface area contributed by atoms with E-state index in [1.165, 1.54) is 36.3 Å². The van der Waals surface area contributed by atoms with Crippen LogP contribution < -0.4 is 4.65 Å². The molecule has 1 aliphatic heterocycles. The number of hydrogen-bond acceptors (Lipinski definition) is 1. The summed E-state index contributed by atoms with van der Waals surface area (Å²) in [5.41, 5.74) is 0. The van der Waals surface area contributed by atoms with Gasteiger partial charge in [0.05, 0.1) is 0 Å². The molecule has 1 fully saturated rings. The van der Waals surface area contributed by atoms with Gasteiger partial charge < -0.3 is 4.65 Å². The van der Waals surface area contributed by atoms with Gasteiger partial charge in [-0.05, 0) is 89.6 Å². The van der Waals surface area contributed by atoms with Crippen LogP contribution in [-0.2, 0) is 0 Å². The minimum absolute atomic E-state index is 0.266. The average molecular weight is 465 g/mol. The summed E-state index contributed by atoms with van der Waals surface area (Å²) >= 11 is 25.2. The number of halogens is 4. The van der Waals surface area contributed by atoms with Gasteiger partial charge in [0, 0.05) is 21.5 Å². The van der Waals surface area contributed by atoms with Gasteiger partial charge in [0.2, 0.25) is 0 Å². The molecule has 25 heavy (non-hydrogen) atoms. The third kappa shape index (κ3) is 9.54. The normalized spacial score (nSPS) is 31.7. The lowest BCUT2D eigenvalue weighted by Crippen LogP contribution is -2.58. The summed E-state index contributed by atoms with van der Waals surface area (Å²) in [4.78, 5) is 0. The molecule has 0 bridgehead atoms. The Morgan fingerprint density at radius 2 is 0.840 bits per heavy atom. The van der Waals surface area contributed by atoms with E-state index < -0.39 is 16.5 Å². The Kier molecular flexibility index (Phi) is 11.3. The number of alkyl halides is 4. The van der Waals surface area contributed by atoms with Crippen LogP contribution in [0.4, 0.5) is 0 Å². The Hall–Kier alpha value is 1.55. The Bertz CT molecular complexity index is 320. The van der Waals surface area contributed by atoms with Gasteiger partial charge >= 0.3 is 0 Å². The van der Waals surface area contributed by atoms with E-state index in [4.69, 9.17) is 46.4 Å². The van der Waals surface area contributed by atoms with E-state index in [0.717, 1.165) is 25.7 Å². The zero-order chi connectivity index (χ0) is 19.1. The quantitative estimate of drug-likeness (QED) is 0.232. The number of nitrogens with one attached hydrogen (secondary N) is 1. The maximum atomic E-state index is 6.30. The molecule has 0 aliphatic carbocycles. The largest absolute Gasteiger partial charge is 0.359 e. The molecule has 150 valence electrons. The molecule has 0 aromatic heterocycles. The SMILES string of the molecule is CC(Cl)CC[Si]1(CCC(C)Cl)CC[Si](CCC(C)Cl)(CCC(C)Cl)N1. The predicted octanol–water partition coefficient (Wildman–Crippen LogP) is 7.55. The van der Waals surface area contributed by atoms with Crippen molar-refractivity contribution in [3.05, 3.63) is 0 Å². The standard InChI is InChI=1S/C18H37Cl4NSi2/c1-15(19)5-9-24(10-6-16(2)20)13-14-25(23-24,11-7-17(3)21)12-8-18(4)22/h15-18,23H,5-14H2,1-4H3. The highest BCUT2D eigenvalue weighted by Crippen LogP contribution is 2.41. The topological polar surface area (TPSA) is 12.0 Å². The molecular formula is C18H37Cl4NSi2. The second-order valence-corrected chi connectivity index (χ2v) is 20.6. The fraction of sp³-hybridized carbons (Fsp3) is 1.00. The fourth-order valence-electron chi connectivity index (χ4n) is 4.07. The lowest BCUT2D eigenvalue weighted by Gasteiger charge is -2.35. The van der Waals surface area contributed by atoms with E-state index in [0.29, 0.717) is 0 Å². The summed E-state index contributed by atoms with van der Waals surface area (Å²) in [5.74, 6) is 0. The van der Waals surface area contributed by atoms with E-state index >= 15 is 0 Å². The van der Waals surface area contributed by atoms with Gasteiger partial charge in [0.15, 0.2) is 0 Å². The van der Waals surface area contributed by atoms with Gasteiger partial charge in [-0.1, -0.05) is 0 Å². The molecule has 0 aromatic carbocycles. The smallest absolute Gasteiger partial charge is 0.119 e. The van der Waals surface area contributed by atoms with Gasteiger partial charge in [-0.25, -0.2) is 0 Å². The van der Waals surface area contributed by atoms with Crippen LogP contribution in [0, 0.1) is 0 Å². The Balaban J connectivity index is 2.86. The first kappa shape index (κ1) is 24.6. The lowest BCUT2D eigenvalue weighted by molar-refractivity contribution is 0.813. The van der Waals surface area contributed by atoms with Crippen molar-refractivity contribution < 1.29 is 0 Å². The van der Waals surface area contributed by atoms with Crippen molar-refractivity contribution in [2.24, 2.45) is 0 Å². The van der Waals surface area contributed by atoms with Gasteiger partial charge in [-0.2, -0.15) is 0 Å². The van der Waals surface area contributed by atoms with Crippen LogP contribution >= 0.6 is 46.4 Å². The van der Waals surface area contributed by atoms with E-state index in [1.54, 1.807) is 0 Å². The first-order chi connectivity index (χ1) is 11.6. The zero-order valence-corrected chi connectivity index (χ0v) is 21.4. The lowest BCUT2D eigenvalue weighted by atomic mass is 10.4. The average Bonchev–Trinajstić information content (AvgIpc) is 2.88. The zero-order valence-electron chi connectivity index (χ0n) is 16.4. The first-order valence-corrected chi connectivity index (χ1v) is 16.9. The second kappa shape index (κ2) is 11.5. The molecule has 0 amide bonds. The van der Waals surface area contributed by atoms with Crippen LogP contribution in [0.2, 0.25) is 36.3 Å². The molecule has 1 aliphatic rings. The van der Waals surface area contributed by atoms with Crippen molar-refractivity contribution in [2.45, 2.75) is 111 Å². The molecule has 0 spiro atoms. The molecule has 0 aromatic rings. The summed E-state index contributed by atoms with van der Waals surface area (Å²) in [6.07, 6.45) is 4.50.